The average molecular weight is 289 g/mol. The second-order valence-electron chi connectivity index (χ2n) is 3.17. The second-order valence-corrected chi connectivity index (χ2v) is 3.73. The average Bonchev–Trinajstić information content (AvgIpc) is 2.28. The summed E-state index contributed by atoms with van der Waals surface area (Å²) in [6.07, 6.45) is 0. The third-order valence-electron chi connectivity index (χ3n) is 2.07. The van der Waals surface area contributed by atoms with Gasteiger partial charge in [-0.05, 0) is 11.6 Å². The highest BCUT2D eigenvalue weighted by Gasteiger charge is 2.11. The predicted octanol–water partition coefficient (Wildman–Crippen LogP) is 3.55. The van der Waals surface area contributed by atoms with Gasteiger partial charge >= 0.3 is 0 Å². The Kier molecular flexibility index (Phi) is 5.49. The van der Waals surface area contributed by atoms with Crippen LogP contribution in [-0.4, -0.2) is 20.3 Å². The normalized spacial score (nSPS) is 10.2. The number of methoxy groups -OCH3 is 1. The van der Waals surface area contributed by atoms with Crippen molar-refractivity contribution < 1.29 is 13.9 Å². The second kappa shape index (κ2) is 6.66. The van der Waals surface area contributed by atoms with E-state index in [1.165, 1.54) is 0 Å². The van der Waals surface area contributed by atoms with E-state index >= 15 is 0 Å². The number of hydrogen-bond donors (Lipinski definition) is 0. The maximum atomic E-state index is 13.3. The Morgan fingerprint density at radius 2 is 2.19 bits per heavy atom. The summed E-state index contributed by atoms with van der Waals surface area (Å²) in [4.78, 5) is 0. The van der Waals surface area contributed by atoms with E-state index in [9.17, 15) is 4.39 Å². The summed E-state index contributed by atoms with van der Waals surface area (Å²) in [6, 6.07) is 5.38. The Labute approximate surface area is 103 Å². The molecule has 0 fully saturated rings. The van der Waals surface area contributed by atoms with Gasteiger partial charge in [-0.1, -0.05) is 34.6 Å². The van der Waals surface area contributed by atoms with Crippen LogP contribution < -0.4 is 4.74 Å². The van der Waals surface area contributed by atoms with Crippen molar-refractivity contribution in [3.63, 3.8) is 0 Å². The molecule has 0 amide bonds. The van der Waals surface area contributed by atoms with Crippen molar-refractivity contribution in [2.45, 2.75) is 5.33 Å². The summed E-state index contributed by atoms with van der Waals surface area (Å²) < 4.78 is 23.6. The van der Waals surface area contributed by atoms with Gasteiger partial charge < -0.3 is 9.47 Å². The smallest absolute Gasteiger partial charge is 0.129 e. The molecule has 0 saturated carbocycles. The monoisotopic (exact) mass is 288 g/mol. The van der Waals surface area contributed by atoms with Crippen molar-refractivity contribution >= 4 is 21.8 Å². The van der Waals surface area contributed by atoms with Crippen molar-refractivity contribution in [1.82, 2.24) is 0 Å². The van der Waals surface area contributed by atoms with Crippen LogP contribution in [0.4, 0.5) is 4.39 Å². The van der Waals surface area contributed by atoms with E-state index in [4.69, 9.17) is 9.47 Å². The van der Waals surface area contributed by atoms with Gasteiger partial charge in [0.1, 0.15) is 18.2 Å². The topological polar surface area (TPSA) is 18.5 Å². The highest BCUT2D eigenvalue weighted by molar-refractivity contribution is 9.08. The van der Waals surface area contributed by atoms with Crippen LogP contribution >= 0.6 is 15.9 Å². The van der Waals surface area contributed by atoms with Gasteiger partial charge in [-0.25, -0.2) is 4.39 Å². The van der Waals surface area contributed by atoms with Crippen molar-refractivity contribution in [3.8, 4) is 5.75 Å². The first-order chi connectivity index (χ1) is 7.70. The van der Waals surface area contributed by atoms with E-state index in [-0.39, 0.29) is 0 Å². The molecule has 0 atom stereocenters. The summed E-state index contributed by atoms with van der Waals surface area (Å²) in [6.45, 7) is 4.18. The van der Waals surface area contributed by atoms with E-state index in [0.717, 1.165) is 5.56 Å². The zero-order valence-corrected chi connectivity index (χ0v) is 10.7. The number of rotatable bonds is 6. The molecule has 0 bridgehead atoms. The fourth-order valence-electron chi connectivity index (χ4n) is 1.35. The summed E-state index contributed by atoms with van der Waals surface area (Å²) in [5, 5.41) is 0.562. The quantitative estimate of drug-likeness (QED) is 0.589. The van der Waals surface area contributed by atoms with Gasteiger partial charge in [0.05, 0.1) is 12.2 Å². The first-order valence-corrected chi connectivity index (χ1v) is 5.97. The molecule has 0 aliphatic carbocycles. The third kappa shape index (κ3) is 3.32. The number of benzene rings is 1. The molecule has 4 heteroatoms. The maximum Gasteiger partial charge on any atom is 0.129 e. The lowest BCUT2D eigenvalue weighted by atomic mass is 10.1. The Balaban J connectivity index is 2.93. The minimum absolute atomic E-state index is 0.391. The molecular weight excluding hydrogens is 275 g/mol. The molecule has 0 aromatic heterocycles. The van der Waals surface area contributed by atoms with Crippen molar-refractivity contribution in [2.24, 2.45) is 0 Å². The Morgan fingerprint density at radius 3 is 2.75 bits per heavy atom. The molecule has 1 aromatic rings. The van der Waals surface area contributed by atoms with Gasteiger partial charge in [0, 0.05) is 12.4 Å². The minimum Gasteiger partial charge on any atom is -0.490 e. The highest BCUT2D eigenvalue weighted by Crippen LogP contribution is 2.30. The lowest BCUT2D eigenvalue weighted by Crippen LogP contribution is -2.06. The number of alkyl halides is 1. The third-order valence-corrected chi connectivity index (χ3v) is 2.68. The van der Waals surface area contributed by atoms with Gasteiger partial charge in [0.15, 0.2) is 0 Å². The van der Waals surface area contributed by atoms with E-state index in [1.54, 1.807) is 13.2 Å². The van der Waals surface area contributed by atoms with Gasteiger partial charge in [-0.15, -0.1) is 0 Å². The lowest BCUT2D eigenvalue weighted by Gasteiger charge is -2.12. The Bertz CT molecular complexity index is 366. The Morgan fingerprint density at radius 1 is 1.44 bits per heavy atom. The van der Waals surface area contributed by atoms with E-state index in [2.05, 4.69) is 22.5 Å². The maximum absolute atomic E-state index is 13.3. The van der Waals surface area contributed by atoms with Crippen molar-refractivity contribution in [1.29, 1.82) is 0 Å². The first kappa shape index (κ1) is 13.2. The molecule has 0 aliphatic rings. The summed E-state index contributed by atoms with van der Waals surface area (Å²) in [5.41, 5.74) is 1.25. The standard InChI is InChI=1S/C12H14BrFO2/c1-9(14)12-10(8-13)4-3-5-11(12)16-7-6-15-2/h3-5H,1,6-8H2,2H3. The van der Waals surface area contributed by atoms with Crippen LogP contribution in [0.2, 0.25) is 0 Å². The summed E-state index contributed by atoms with van der Waals surface area (Å²) >= 11 is 3.30. The molecule has 0 heterocycles. The van der Waals surface area contributed by atoms with Crippen LogP contribution in [-0.2, 0) is 10.1 Å². The molecule has 0 radical (unpaired) electrons. The molecule has 88 valence electrons. The SMILES string of the molecule is C=C(F)c1c(CBr)cccc1OCCOC. The Hall–Kier alpha value is -0.870. The minimum atomic E-state index is -0.484. The number of hydrogen-bond acceptors (Lipinski definition) is 2. The highest BCUT2D eigenvalue weighted by atomic mass is 79.9. The van der Waals surface area contributed by atoms with Crippen molar-refractivity contribution in [3.05, 3.63) is 35.9 Å². The largest absolute Gasteiger partial charge is 0.490 e. The molecule has 2 nitrogen and oxygen atoms in total. The zero-order valence-electron chi connectivity index (χ0n) is 9.13. The summed E-state index contributed by atoms with van der Waals surface area (Å²) in [7, 11) is 1.59. The molecule has 0 saturated heterocycles. The van der Waals surface area contributed by atoms with Crippen LogP contribution in [0.25, 0.3) is 5.83 Å². The van der Waals surface area contributed by atoms with Crippen molar-refractivity contribution in [2.75, 3.05) is 20.3 Å². The summed E-state index contributed by atoms with van der Waals surface area (Å²) in [5.74, 6) is 0.0176. The van der Waals surface area contributed by atoms with Gasteiger partial charge in [-0.2, -0.15) is 0 Å². The van der Waals surface area contributed by atoms with Crippen LogP contribution in [0.5, 0.6) is 5.75 Å². The van der Waals surface area contributed by atoms with E-state index in [0.29, 0.717) is 29.9 Å². The van der Waals surface area contributed by atoms with Crippen LogP contribution in [0, 0.1) is 0 Å². The predicted molar refractivity (Wildman–Crippen MR) is 66.6 cm³/mol. The van der Waals surface area contributed by atoms with Gasteiger partial charge in [-0.3, -0.25) is 0 Å². The fraction of sp³-hybridized carbons (Fsp3) is 0.333. The van der Waals surface area contributed by atoms with Crippen LogP contribution in [0.15, 0.2) is 24.8 Å². The van der Waals surface area contributed by atoms with Crippen LogP contribution in [0.3, 0.4) is 0 Å². The molecule has 1 aromatic carbocycles. The lowest BCUT2D eigenvalue weighted by molar-refractivity contribution is 0.146. The number of ether oxygens (including phenoxy) is 2. The number of halogens is 2. The molecule has 1 rings (SSSR count). The van der Waals surface area contributed by atoms with Gasteiger partial charge in [0.2, 0.25) is 0 Å². The molecule has 0 aliphatic heterocycles. The van der Waals surface area contributed by atoms with Crippen LogP contribution in [0.1, 0.15) is 11.1 Å². The molecule has 0 unspecified atom stereocenters. The zero-order chi connectivity index (χ0) is 12.0. The molecular formula is C12H14BrFO2. The fourth-order valence-corrected chi connectivity index (χ4v) is 1.82. The van der Waals surface area contributed by atoms with E-state index in [1.807, 2.05) is 12.1 Å². The molecule has 0 spiro atoms. The molecule has 16 heavy (non-hydrogen) atoms. The molecule has 0 N–H and O–H groups in total. The van der Waals surface area contributed by atoms with E-state index < -0.39 is 5.83 Å². The first-order valence-electron chi connectivity index (χ1n) is 4.85. The van der Waals surface area contributed by atoms with Gasteiger partial charge in [0.25, 0.3) is 0 Å².